The van der Waals surface area contributed by atoms with E-state index in [-0.39, 0.29) is 5.82 Å². The van der Waals surface area contributed by atoms with Crippen LogP contribution in [0, 0.1) is 5.82 Å². The number of halogens is 1. The minimum atomic E-state index is -0.253. The minimum Gasteiger partial charge on any atom is -0.478 e. The molecule has 0 radical (unpaired) electrons. The maximum absolute atomic E-state index is 14.3. The van der Waals surface area contributed by atoms with Crippen molar-refractivity contribution < 1.29 is 9.13 Å². The number of aryl methyl sites for hydroxylation is 1. The fourth-order valence-electron chi connectivity index (χ4n) is 3.99. The second kappa shape index (κ2) is 11.4. The van der Waals surface area contributed by atoms with Crippen molar-refractivity contribution in [3.8, 4) is 17.1 Å². The van der Waals surface area contributed by atoms with Crippen LogP contribution < -0.4 is 4.74 Å². The Kier molecular flexibility index (Phi) is 7.81. The summed E-state index contributed by atoms with van der Waals surface area (Å²) in [6.45, 7) is 2.59. The quantitative estimate of drug-likeness (QED) is 0.367. The van der Waals surface area contributed by atoms with Gasteiger partial charge in [0.25, 0.3) is 0 Å². The van der Waals surface area contributed by atoms with Crippen molar-refractivity contribution in [2.45, 2.75) is 39.0 Å². The van der Waals surface area contributed by atoms with E-state index in [9.17, 15) is 4.39 Å². The van der Waals surface area contributed by atoms with Crippen molar-refractivity contribution in [2.24, 2.45) is 0 Å². The molecule has 0 bridgehead atoms. The number of nitrogens with zero attached hydrogens (tertiary/aromatic N) is 2. The fraction of sp³-hybridized carbons (Fsp3) is 0.241. The minimum absolute atomic E-state index is 0.253. The Balaban J connectivity index is 1.50. The molecule has 0 aliphatic heterocycles. The second-order valence-corrected chi connectivity index (χ2v) is 8.06. The molecule has 3 aromatic rings. The van der Waals surface area contributed by atoms with E-state index in [1.165, 1.54) is 17.2 Å². The predicted molar refractivity (Wildman–Crippen MR) is 132 cm³/mol. The first kappa shape index (κ1) is 22.7. The topological polar surface area (TPSA) is 35.0 Å². The number of benzene rings is 1. The SMILES string of the molecule is CCOc1cc(CCCC2=CC(c3ccnc(-c4ccccc4F)c3)=CCCC=C2)ccn1. The fourth-order valence-corrected chi connectivity index (χ4v) is 3.99. The van der Waals surface area contributed by atoms with Gasteiger partial charge in [0.2, 0.25) is 5.88 Å². The zero-order valence-corrected chi connectivity index (χ0v) is 19.0. The Morgan fingerprint density at radius 3 is 2.73 bits per heavy atom. The zero-order chi connectivity index (χ0) is 22.9. The van der Waals surface area contributed by atoms with Crippen molar-refractivity contribution in [2.75, 3.05) is 6.61 Å². The van der Waals surface area contributed by atoms with Crippen LogP contribution in [0.15, 0.2) is 90.8 Å². The van der Waals surface area contributed by atoms with Crippen LogP contribution in [0.3, 0.4) is 0 Å². The summed E-state index contributed by atoms with van der Waals surface area (Å²) in [5.74, 6) is 0.435. The first-order chi connectivity index (χ1) is 16.2. The number of hydrogen-bond donors (Lipinski definition) is 0. The zero-order valence-electron chi connectivity index (χ0n) is 19.0. The summed E-state index contributed by atoms with van der Waals surface area (Å²) in [5, 5.41) is 0. The van der Waals surface area contributed by atoms with E-state index in [1.54, 1.807) is 18.3 Å². The van der Waals surface area contributed by atoms with Gasteiger partial charge in [-0.1, -0.05) is 36.4 Å². The molecule has 2 aromatic heterocycles. The molecule has 0 saturated carbocycles. The third-order valence-corrected chi connectivity index (χ3v) is 5.64. The molecular formula is C29H29FN2O. The maximum atomic E-state index is 14.3. The highest BCUT2D eigenvalue weighted by atomic mass is 19.1. The van der Waals surface area contributed by atoms with Gasteiger partial charge in [0.1, 0.15) is 5.82 Å². The van der Waals surface area contributed by atoms with E-state index in [2.05, 4.69) is 40.3 Å². The molecule has 0 amide bonds. The second-order valence-electron chi connectivity index (χ2n) is 8.06. The van der Waals surface area contributed by atoms with Crippen molar-refractivity contribution in [3.05, 3.63) is 108 Å². The van der Waals surface area contributed by atoms with E-state index in [1.807, 2.05) is 37.4 Å². The van der Waals surface area contributed by atoms with Crippen LogP contribution in [0.2, 0.25) is 0 Å². The normalized spacial score (nSPS) is 13.6. The van der Waals surface area contributed by atoms with E-state index in [0.717, 1.165) is 43.2 Å². The molecule has 4 rings (SSSR count). The molecule has 1 aromatic carbocycles. The van der Waals surface area contributed by atoms with Crippen molar-refractivity contribution in [3.63, 3.8) is 0 Å². The van der Waals surface area contributed by atoms with Gasteiger partial charge in [0.05, 0.1) is 12.3 Å². The maximum Gasteiger partial charge on any atom is 0.213 e. The van der Waals surface area contributed by atoms with E-state index in [0.29, 0.717) is 23.7 Å². The van der Waals surface area contributed by atoms with Crippen molar-refractivity contribution in [1.29, 1.82) is 0 Å². The summed E-state index contributed by atoms with van der Waals surface area (Å²) in [6, 6.07) is 14.8. The number of ether oxygens (including phenoxy) is 1. The molecule has 0 unspecified atom stereocenters. The lowest BCUT2D eigenvalue weighted by atomic mass is 9.95. The van der Waals surface area contributed by atoms with Gasteiger partial charge in [0, 0.05) is 24.0 Å². The van der Waals surface area contributed by atoms with Crippen LogP contribution >= 0.6 is 0 Å². The standard InChI is InChI=1S/C29H29FN2O/c1-2-33-29-20-23(15-17-32-29)11-8-10-22-9-4-3-5-12-24(19-22)25-16-18-31-28(21-25)26-13-6-7-14-27(26)30/h4,6-7,9,12-21H,2-3,5,8,10-11H2,1H3. The highest BCUT2D eigenvalue weighted by molar-refractivity contribution is 5.77. The van der Waals surface area contributed by atoms with Crippen LogP contribution in [0.4, 0.5) is 4.39 Å². The lowest BCUT2D eigenvalue weighted by molar-refractivity contribution is 0.326. The summed E-state index contributed by atoms with van der Waals surface area (Å²) in [5.41, 5.74) is 5.94. The summed E-state index contributed by atoms with van der Waals surface area (Å²) in [4.78, 5) is 8.66. The Labute approximate surface area is 195 Å². The number of pyridine rings is 2. The van der Waals surface area contributed by atoms with Crippen molar-refractivity contribution >= 4 is 5.57 Å². The monoisotopic (exact) mass is 440 g/mol. The average Bonchev–Trinajstić information content (AvgIpc) is 2.81. The molecule has 1 aliphatic rings. The highest BCUT2D eigenvalue weighted by Crippen LogP contribution is 2.28. The van der Waals surface area contributed by atoms with Crippen molar-refractivity contribution in [1.82, 2.24) is 9.97 Å². The molecular weight excluding hydrogens is 411 g/mol. The molecule has 168 valence electrons. The molecule has 0 N–H and O–H groups in total. The van der Waals surface area contributed by atoms with Gasteiger partial charge in [-0.25, -0.2) is 9.37 Å². The van der Waals surface area contributed by atoms with Gasteiger partial charge >= 0.3 is 0 Å². The van der Waals surface area contributed by atoms with Gasteiger partial charge in [-0.3, -0.25) is 4.98 Å². The summed E-state index contributed by atoms with van der Waals surface area (Å²) < 4.78 is 19.8. The molecule has 3 nitrogen and oxygen atoms in total. The molecule has 0 spiro atoms. The highest BCUT2D eigenvalue weighted by Gasteiger charge is 2.09. The van der Waals surface area contributed by atoms with Crippen LogP contribution in [-0.4, -0.2) is 16.6 Å². The number of allylic oxidation sites excluding steroid dienone is 6. The van der Waals surface area contributed by atoms with Gasteiger partial charge in [-0.2, -0.15) is 0 Å². The molecule has 0 atom stereocenters. The molecule has 33 heavy (non-hydrogen) atoms. The molecule has 1 aliphatic carbocycles. The number of hydrogen-bond acceptors (Lipinski definition) is 3. The Bertz CT molecular complexity index is 1180. The summed E-state index contributed by atoms with van der Waals surface area (Å²) in [6.07, 6.45) is 17.6. The molecule has 0 fully saturated rings. The van der Waals surface area contributed by atoms with E-state index >= 15 is 0 Å². The van der Waals surface area contributed by atoms with Gasteiger partial charge in [0.15, 0.2) is 0 Å². The van der Waals surface area contributed by atoms with E-state index < -0.39 is 0 Å². The molecule has 4 heteroatoms. The van der Waals surface area contributed by atoms with Crippen LogP contribution in [-0.2, 0) is 6.42 Å². The van der Waals surface area contributed by atoms with Crippen LogP contribution in [0.5, 0.6) is 5.88 Å². The van der Waals surface area contributed by atoms with Crippen LogP contribution in [0.1, 0.15) is 43.7 Å². The molecule has 0 saturated heterocycles. The average molecular weight is 441 g/mol. The van der Waals surface area contributed by atoms with Gasteiger partial charge in [-0.05, 0) is 91.6 Å². The largest absolute Gasteiger partial charge is 0.478 e. The predicted octanol–water partition coefficient (Wildman–Crippen LogP) is 7.36. The number of aromatic nitrogens is 2. The Morgan fingerprint density at radius 2 is 1.85 bits per heavy atom. The summed E-state index contributed by atoms with van der Waals surface area (Å²) in [7, 11) is 0. The molecule has 2 heterocycles. The lowest BCUT2D eigenvalue weighted by Gasteiger charge is -2.11. The number of rotatable bonds is 8. The first-order valence-corrected chi connectivity index (χ1v) is 11.6. The first-order valence-electron chi connectivity index (χ1n) is 11.6. The third-order valence-electron chi connectivity index (χ3n) is 5.64. The van der Waals surface area contributed by atoms with Crippen LogP contribution in [0.25, 0.3) is 16.8 Å². The lowest BCUT2D eigenvalue weighted by Crippen LogP contribution is -1.96. The Morgan fingerprint density at radius 1 is 0.970 bits per heavy atom. The smallest absolute Gasteiger partial charge is 0.213 e. The third kappa shape index (κ3) is 6.26. The van der Waals surface area contributed by atoms with Gasteiger partial charge < -0.3 is 4.74 Å². The van der Waals surface area contributed by atoms with Gasteiger partial charge in [-0.15, -0.1) is 0 Å². The summed E-state index contributed by atoms with van der Waals surface area (Å²) >= 11 is 0. The Hall–Kier alpha value is -3.53. The van der Waals surface area contributed by atoms with E-state index in [4.69, 9.17) is 4.74 Å².